The minimum absolute atomic E-state index is 0. The van der Waals surface area contributed by atoms with Crippen LogP contribution in [-0.4, -0.2) is 0 Å². The molecule has 0 saturated heterocycles. The molecular weight excluding hydrogens is 347 g/mol. The molecule has 0 unspecified atom stereocenters. The van der Waals surface area contributed by atoms with Crippen molar-refractivity contribution in [1.29, 1.82) is 0 Å². The van der Waals surface area contributed by atoms with Crippen molar-refractivity contribution < 1.29 is 25.8 Å². The Morgan fingerprint density at radius 2 is 2.27 bits per heavy atom. The number of hydrogen-bond acceptors (Lipinski definition) is 0. The molecule has 0 fully saturated rings. The summed E-state index contributed by atoms with van der Waals surface area (Å²) in [5, 5.41) is 0. The first kappa shape index (κ1) is 11.3. The van der Waals surface area contributed by atoms with Crippen LogP contribution in [-0.2, 0) is 22.9 Å². The summed E-state index contributed by atoms with van der Waals surface area (Å²) in [5.74, 6) is 0. The van der Waals surface area contributed by atoms with E-state index in [1.165, 1.54) is 32.1 Å². The summed E-state index contributed by atoms with van der Waals surface area (Å²) in [7, 11) is 0. The zero-order chi connectivity index (χ0) is 10.5. The maximum Gasteiger partial charge on any atom is -1.00 e. The fraction of sp³-hybridized carbons (Fsp3) is 0.429. The van der Waals surface area contributed by atoms with Gasteiger partial charge < -0.3 is 2.85 Å². The van der Waals surface area contributed by atoms with Crippen LogP contribution in [0.3, 0.4) is 0 Å². The second-order valence-electron chi connectivity index (χ2n) is 4.16. The van der Waals surface area contributed by atoms with E-state index in [4.69, 9.17) is 0 Å². The first-order chi connectivity index (χ1) is 7.40. The van der Waals surface area contributed by atoms with E-state index in [0.29, 0.717) is 0 Å². The van der Waals surface area contributed by atoms with Crippen LogP contribution in [0.5, 0.6) is 0 Å². The first-order valence-electron chi connectivity index (χ1n) is 5.91. The Bertz CT molecular complexity index is 351. The van der Waals surface area contributed by atoms with Crippen LogP contribution in [0.1, 0.15) is 41.9 Å². The second-order valence-corrected chi connectivity index (χ2v) is 9.54. The first-order valence-corrected chi connectivity index (χ1v) is 9.50. The molecule has 0 radical (unpaired) electrons. The molecule has 0 nitrogen and oxygen atoms in total. The van der Waals surface area contributed by atoms with Gasteiger partial charge >= 0.3 is 105 Å². The fourth-order valence-corrected chi connectivity index (χ4v) is 6.96. The number of rotatable bonds is 5. The Balaban J connectivity index is 0.00000128. The minimum Gasteiger partial charge on any atom is -1.00 e. The van der Waals surface area contributed by atoms with E-state index in [9.17, 15) is 0 Å². The largest absolute Gasteiger partial charge is 1.00 e. The average molecular weight is 367 g/mol. The van der Waals surface area contributed by atoms with Crippen molar-refractivity contribution in [3.05, 3.63) is 42.6 Å². The number of allylic oxidation sites excluding steroid dienone is 8. The van der Waals surface area contributed by atoms with Crippen molar-refractivity contribution in [2.45, 2.75) is 39.0 Å². The second kappa shape index (κ2) is 5.79. The predicted molar refractivity (Wildman–Crippen MR) is 64.4 cm³/mol. The van der Waals surface area contributed by atoms with Gasteiger partial charge in [-0.25, -0.2) is 0 Å². The number of unbranched alkanes of at least 4 members (excludes halogenated alkanes) is 1. The van der Waals surface area contributed by atoms with Crippen LogP contribution < -0.4 is 0 Å². The third-order valence-corrected chi connectivity index (χ3v) is 8.37. The van der Waals surface area contributed by atoms with E-state index in [2.05, 4.69) is 37.3 Å². The zero-order valence-corrected chi connectivity index (χ0v) is 13.0. The molecule has 0 amide bonds. The van der Waals surface area contributed by atoms with Crippen LogP contribution in [0.25, 0.3) is 0 Å². The monoisotopic (exact) mass is 368 g/mol. The van der Waals surface area contributed by atoms with Crippen LogP contribution in [0.2, 0.25) is 0 Å². The van der Waals surface area contributed by atoms with Crippen molar-refractivity contribution >= 4 is 0 Å². The van der Waals surface area contributed by atoms with E-state index in [1.54, 1.807) is 8.90 Å². The molecule has 0 N–H and O–H groups in total. The topological polar surface area (TPSA) is 0 Å². The maximum absolute atomic E-state index is 2.39. The summed E-state index contributed by atoms with van der Waals surface area (Å²) < 4.78 is 3.64. The molecule has 0 bridgehead atoms. The molecule has 2 aliphatic carbocycles. The molecule has 0 aliphatic heterocycles. The molecule has 1 heteroatoms. The third-order valence-electron chi connectivity index (χ3n) is 2.91. The van der Waals surface area contributed by atoms with Gasteiger partial charge in [0.2, 0.25) is 0 Å². The quantitative estimate of drug-likeness (QED) is 0.627. The molecule has 0 spiro atoms. The standard InChI is InChI=1S/C9H13.C5H5.Hf.2H/c1-2-3-6-9-7-4-5-8-9;1-2-4-5-3-1;;;/h4,7H,2-3,5-6H2,1H3;1-3H,4H2;;;/q;;;2*-1. The van der Waals surface area contributed by atoms with E-state index in [-0.39, 0.29) is 2.85 Å². The summed E-state index contributed by atoms with van der Waals surface area (Å²) in [6.45, 7) is 2.28. The van der Waals surface area contributed by atoms with Gasteiger partial charge in [-0.1, -0.05) is 0 Å². The summed E-state index contributed by atoms with van der Waals surface area (Å²) >= 11 is -0.617. The van der Waals surface area contributed by atoms with E-state index in [1.807, 2.05) is 3.33 Å². The van der Waals surface area contributed by atoms with Crippen molar-refractivity contribution in [3.8, 4) is 0 Å². The molecule has 82 valence electrons. The maximum atomic E-state index is 2.39. The third kappa shape index (κ3) is 3.14. The molecule has 0 saturated carbocycles. The molecule has 0 atom stereocenters. The Kier molecular flexibility index (Phi) is 4.37. The fourth-order valence-electron chi connectivity index (χ4n) is 2.02. The van der Waals surface area contributed by atoms with Crippen LogP contribution in [0.4, 0.5) is 0 Å². The summed E-state index contributed by atoms with van der Waals surface area (Å²) in [5.41, 5.74) is 1.70. The van der Waals surface area contributed by atoms with Crippen LogP contribution >= 0.6 is 0 Å². The van der Waals surface area contributed by atoms with Gasteiger partial charge in [0.05, 0.1) is 0 Å². The van der Waals surface area contributed by atoms with Gasteiger partial charge in [-0.05, 0) is 0 Å². The number of hydrogen-bond donors (Lipinski definition) is 0. The van der Waals surface area contributed by atoms with Gasteiger partial charge in [-0.3, -0.25) is 0 Å². The van der Waals surface area contributed by atoms with Gasteiger partial charge in [0.1, 0.15) is 0 Å². The Morgan fingerprint density at radius 3 is 3.00 bits per heavy atom. The van der Waals surface area contributed by atoms with Crippen molar-refractivity contribution in [2.24, 2.45) is 0 Å². The average Bonchev–Trinajstić information content (AvgIpc) is 2.87. The van der Waals surface area contributed by atoms with E-state index >= 15 is 0 Å². The summed E-state index contributed by atoms with van der Waals surface area (Å²) in [4.78, 5) is 0. The van der Waals surface area contributed by atoms with Crippen molar-refractivity contribution in [3.63, 3.8) is 0 Å². The molecule has 2 rings (SSSR count). The van der Waals surface area contributed by atoms with Gasteiger partial charge in [0.25, 0.3) is 0 Å². The van der Waals surface area contributed by atoms with Crippen LogP contribution in [0, 0.1) is 0 Å². The summed E-state index contributed by atoms with van der Waals surface area (Å²) in [6.07, 6.45) is 18.2. The van der Waals surface area contributed by atoms with E-state index < -0.39 is 22.9 Å². The molecule has 15 heavy (non-hydrogen) atoms. The minimum atomic E-state index is -0.617. The molecule has 0 heterocycles. The van der Waals surface area contributed by atoms with E-state index in [0.717, 1.165) is 0 Å². The molecule has 0 aromatic rings. The van der Waals surface area contributed by atoms with Crippen molar-refractivity contribution in [2.75, 3.05) is 0 Å². The smallest absolute Gasteiger partial charge is 1.00 e. The molecule has 0 aromatic heterocycles. The normalized spacial score (nSPS) is 18.9. The Hall–Kier alpha value is -0.170. The molecular formula is C14H20Hf-2. The van der Waals surface area contributed by atoms with Gasteiger partial charge in [-0.15, -0.1) is 0 Å². The molecule has 0 aromatic carbocycles. The SMILES string of the molecule is CCCCC1=[C]([Hf][C]2=CC=CC2)CC=C1.[H-].[H-]. The van der Waals surface area contributed by atoms with Crippen molar-refractivity contribution in [1.82, 2.24) is 0 Å². The zero-order valence-electron chi connectivity index (χ0n) is 11.4. The van der Waals surface area contributed by atoms with Gasteiger partial charge in [0, 0.05) is 0 Å². The van der Waals surface area contributed by atoms with Gasteiger partial charge in [-0.2, -0.15) is 0 Å². The van der Waals surface area contributed by atoms with Gasteiger partial charge in [0.15, 0.2) is 0 Å². The predicted octanol–water partition coefficient (Wildman–Crippen LogP) is 4.54. The van der Waals surface area contributed by atoms with Crippen LogP contribution in [0.15, 0.2) is 42.6 Å². The Morgan fingerprint density at radius 1 is 1.33 bits per heavy atom. The molecule has 2 aliphatic rings. The Labute approximate surface area is 107 Å². The summed E-state index contributed by atoms with van der Waals surface area (Å²) in [6, 6.07) is 0.